The highest BCUT2D eigenvalue weighted by molar-refractivity contribution is 6.42. The average molecular weight is 303 g/mol. The van der Waals surface area contributed by atoms with E-state index >= 15 is 0 Å². The first kappa shape index (κ1) is 14.4. The first-order valence-electron chi connectivity index (χ1n) is 6.16. The summed E-state index contributed by atoms with van der Waals surface area (Å²) in [5.41, 5.74) is 5.60. The zero-order valence-corrected chi connectivity index (χ0v) is 12.0. The van der Waals surface area contributed by atoms with E-state index in [0.717, 1.165) is 19.5 Å². The van der Waals surface area contributed by atoms with Crippen LogP contribution in [0.5, 0.6) is 5.75 Å². The van der Waals surface area contributed by atoms with Gasteiger partial charge < -0.3 is 15.4 Å². The number of hydrogen-bond donors (Lipinski definition) is 1. The van der Waals surface area contributed by atoms with Crippen LogP contribution in [0, 0.1) is 5.92 Å². The van der Waals surface area contributed by atoms with Crippen LogP contribution in [0.3, 0.4) is 0 Å². The molecule has 1 aromatic carbocycles. The third kappa shape index (κ3) is 3.75. The van der Waals surface area contributed by atoms with Crippen LogP contribution < -0.4 is 10.5 Å². The molecular weight excluding hydrogens is 287 g/mol. The van der Waals surface area contributed by atoms with E-state index in [0.29, 0.717) is 28.3 Å². The fourth-order valence-electron chi connectivity index (χ4n) is 2.05. The molecule has 1 aliphatic rings. The van der Waals surface area contributed by atoms with Gasteiger partial charge in [0.25, 0.3) is 5.91 Å². The Morgan fingerprint density at radius 1 is 1.42 bits per heavy atom. The third-order valence-corrected chi connectivity index (χ3v) is 3.96. The maximum Gasteiger partial charge on any atom is 0.260 e. The van der Waals surface area contributed by atoms with Crippen molar-refractivity contribution in [2.45, 2.75) is 6.42 Å². The van der Waals surface area contributed by atoms with Gasteiger partial charge >= 0.3 is 0 Å². The van der Waals surface area contributed by atoms with Crippen molar-refractivity contribution >= 4 is 29.1 Å². The second-order valence-electron chi connectivity index (χ2n) is 4.59. The van der Waals surface area contributed by atoms with E-state index in [9.17, 15) is 4.79 Å². The number of hydrogen-bond acceptors (Lipinski definition) is 3. The monoisotopic (exact) mass is 302 g/mol. The molecule has 0 saturated carbocycles. The molecule has 1 atom stereocenters. The summed E-state index contributed by atoms with van der Waals surface area (Å²) >= 11 is 11.7. The second kappa shape index (κ2) is 6.46. The van der Waals surface area contributed by atoms with Gasteiger partial charge in [0, 0.05) is 19.2 Å². The molecule has 6 heteroatoms. The van der Waals surface area contributed by atoms with Crippen molar-refractivity contribution < 1.29 is 9.53 Å². The number of nitrogens with zero attached hydrogens (tertiary/aromatic N) is 1. The second-order valence-corrected chi connectivity index (χ2v) is 5.41. The van der Waals surface area contributed by atoms with E-state index in [1.165, 1.54) is 0 Å². The molecule has 104 valence electrons. The van der Waals surface area contributed by atoms with Crippen molar-refractivity contribution in [3.63, 3.8) is 0 Å². The predicted molar refractivity (Wildman–Crippen MR) is 75.7 cm³/mol. The largest absolute Gasteiger partial charge is 0.484 e. The summed E-state index contributed by atoms with van der Waals surface area (Å²) in [5, 5.41) is 0.877. The molecule has 2 rings (SSSR count). The Hall–Kier alpha value is -0.970. The number of carbonyl (C=O) groups is 1. The van der Waals surface area contributed by atoms with Gasteiger partial charge in [0.05, 0.1) is 10.0 Å². The SMILES string of the molecule is NCC1CCN(C(=O)COc2ccc(Cl)c(Cl)c2)C1. The first-order valence-corrected chi connectivity index (χ1v) is 6.91. The van der Waals surface area contributed by atoms with Crippen LogP contribution in [-0.2, 0) is 4.79 Å². The van der Waals surface area contributed by atoms with Gasteiger partial charge in [-0.1, -0.05) is 23.2 Å². The molecule has 0 spiro atoms. The lowest BCUT2D eigenvalue weighted by atomic mass is 10.1. The number of amides is 1. The van der Waals surface area contributed by atoms with E-state index in [4.69, 9.17) is 33.7 Å². The number of benzene rings is 1. The molecule has 1 aliphatic heterocycles. The molecule has 0 aliphatic carbocycles. The topological polar surface area (TPSA) is 55.6 Å². The summed E-state index contributed by atoms with van der Waals surface area (Å²) < 4.78 is 5.42. The van der Waals surface area contributed by atoms with Crippen LogP contribution in [0.25, 0.3) is 0 Å². The van der Waals surface area contributed by atoms with Crippen LogP contribution in [0.15, 0.2) is 18.2 Å². The maximum absolute atomic E-state index is 11.9. The highest BCUT2D eigenvalue weighted by atomic mass is 35.5. The normalized spacial score (nSPS) is 18.7. The molecule has 0 aromatic heterocycles. The van der Waals surface area contributed by atoms with Gasteiger partial charge in [-0.05, 0) is 31.0 Å². The van der Waals surface area contributed by atoms with Crippen LogP contribution in [0.1, 0.15) is 6.42 Å². The standard InChI is InChI=1S/C13H16Cl2N2O2/c14-11-2-1-10(5-12(11)15)19-8-13(18)17-4-3-9(6-16)7-17/h1-2,5,9H,3-4,6-8,16H2. The molecule has 1 saturated heterocycles. The van der Waals surface area contributed by atoms with E-state index < -0.39 is 0 Å². The summed E-state index contributed by atoms with van der Waals surface area (Å²) in [5.74, 6) is 0.924. The molecule has 1 heterocycles. The average Bonchev–Trinajstić information content (AvgIpc) is 2.88. The lowest BCUT2D eigenvalue weighted by Crippen LogP contribution is -2.33. The molecule has 1 fully saturated rings. The number of halogens is 2. The lowest BCUT2D eigenvalue weighted by Gasteiger charge is -2.16. The fraction of sp³-hybridized carbons (Fsp3) is 0.462. The highest BCUT2D eigenvalue weighted by Crippen LogP contribution is 2.26. The summed E-state index contributed by atoms with van der Waals surface area (Å²) in [6.45, 7) is 2.11. The molecule has 0 radical (unpaired) electrons. The Balaban J connectivity index is 1.85. The van der Waals surface area contributed by atoms with Crippen LogP contribution in [-0.4, -0.2) is 37.0 Å². The predicted octanol–water partition coefficient (Wildman–Crippen LogP) is 2.18. The Labute approximate surface area is 122 Å². The highest BCUT2D eigenvalue weighted by Gasteiger charge is 2.25. The van der Waals surface area contributed by atoms with Gasteiger partial charge in [-0.15, -0.1) is 0 Å². The minimum absolute atomic E-state index is 0.00918. The molecule has 1 amide bonds. The van der Waals surface area contributed by atoms with Crippen molar-refractivity contribution in [3.05, 3.63) is 28.2 Å². The zero-order valence-electron chi connectivity index (χ0n) is 10.4. The number of rotatable bonds is 4. The van der Waals surface area contributed by atoms with E-state index in [-0.39, 0.29) is 12.5 Å². The summed E-state index contributed by atoms with van der Waals surface area (Å²) in [6.07, 6.45) is 0.967. The maximum atomic E-state index is 11.9. The van der Waals surface area contributed by atoms with Crippen molar-refractivity contribution in [1.29, 1.82) is 0 Å². The number of likely N-dealkylation sites (tertiary alicyclic amines) is 1. The summed E-state index contributed by atoms with van der Waals surface area (Å²) in [6, 6.07) is 4.93. The zero-order chi connectivity index (χ0) is 13.8. The fourth-order valence-corrected chi connectivity index (χ4v) is 2.34. The van der Waals surface area contributed by atoms with Gasteiger partial charge in [0.15, 0.2) is 6.61 Å². The lowest BCUT2D eigenvalue weighted by molar-refractivity contribution is -0.132. The Bertz CT molecular complexity index is 468. The summed E-state index contributed by atoms with van der Waals surface area (Å²) in [7, 11) is 0. The third-order valence-electron chi connectivity index (χ3n) is 3.23. The number of nitrogens with two attached hydrogens (primary N) is 1. The van der Waals surface area contributed by atoms with Crippen LogP contribution >= 0.6 is 23.2 Å². The van der Waals surface area contributed by atoms with Crippen LogP contribution in [0.2, 0.25) is 10.0 Å². The van der Waals surface area contributed by atoms with Gasteiger partial charge in [0.2, 0.25) is 0 Å². The van der Waals surface area contributed by atoms with E-state index in [1.807, 2.05) is 0 Å². The van der Waals surface area contributed by atoms with E-state index in [1.54, 1.807) is 23.1 Å². The number of carbonyl (C=O) groups excluding carboxylic acids is 1. The molecule has 1 unspecified atom stereocenters. The Kier molecular flexibility index (Phi) is 4.91. The Morgan fingerprint density at radius 2 is 2.21 bits per heavy atom. The van der Waals surface area contributed by atoms with Crippen molar-refractivity contribution in [2.24, 2.45) is 11.7 Å². The van der Waals surface area contributed by atoms with Crippen molar-refractivity contribution in [3.8, 4) is 5.75 Å². The van der Waals surface area contributed by atoms with Gasteiger partial charge in [0.1, 0.15) is 5.75 Å². The molecule has 2 N–H and O–H groups in total. The summed E-state index contributed by atoms with van der Waals surface area (Å²) in [4.78, 5) is 13.7. The van der Waals surface area contributed by atoms with Crippen molar-refractivity contribution in [2.75, 3.05) is 26.2 Å². The van der Waals surface area contributed by atoms with E-state index in [2.05, 4.69) is 0 Å². The molecule has 0 bridgehead atoms. The minimum atomic E-state index is -0.0259. The van der Waals surface area contributed by atoms with Crippen molar-refractivity contribution in [1.82, 2.24) is 4.90 Å². The molecule has 4 nitrogen and oxygen atoms in total. The van der Waals surface area contributed by atoms with Crippen LogP contribution in [0.4, 0.5) is 0 Å². The quantitative estimate of drug-likeness (QED) is 0.927. The smallest absolute Gasteiger partial charge is 0.260 e. The number of ether oxygens (including phenoxy) is 1. The minimum Gasteiger partial charge on any atom is -0.484 e. The molecular formula is C13H16Cl2N2O2. The van der Waals surface area contributed by atoms with Gasteiger partial charge in [-0.2, -0.15) is 0 Å². The van der Waals surface area contributed by atoms with Gasteiger partial charge in [-0.25, -0.2) is 0 Å². The Morgan fingerprint density at radius 3 is 2.84 bits per heavy atom. The molecule has 19 heavy (non-hydrogen) atoms. The molecule has 1 aromatic rings. The van der Waals surface area contributed by atoms with Gasteiger partial charge in [-0.3, -0.25) is 4.79 Å². The first-order chi connectivity index (χ1) is 9.10.